The van der Waals surface area contributed by atoms with Crippen LogP contribution < -0.4 is 4.80 Å². The predicted octanol–water partition coefficient (Wildman–Crippen LogP) is 5.42. The maximum atomic E-state index is 12.4. The summed E-state index contributed by atoms with van der Waals surface area (Å²) in [5.41, 5.74) is 1.36. The number of benzene rings is 2. The average Bonchev–Trinajstić information content (AvgIpc) is 2.82. The number of amides is 1. The van der Waals surface area contributed by atoms with E-state index in [9.17, 15) is 4.79 Å². The molecule has 1 heterocycles. The van der Waals surface area contributed by atoms with Crippen LogP contribution in [0.25, 0.3) is 10.2 Å². The van der Waals surface area contributed by atoms with Crippen molar-refractivity contribution in [2.45, 2.75) is 13.5 Å². The largest absolute Gasteiger partial charge is 0.317 e. The van der Waals surface area contributed by atoms with Gasteiger partial charge in [0.05, 0.1) is 10.2 Å². The number of carbonyl (C=O) groups is 1. The van der Waals surface area contributed by atoms with Gasteiger partial charge in [0.2, 0.25) is 0 Å². The van der Waals surface area contributed by atoms with Gasteiger partial charge in [-0.25, -0.2) is 0 Å². The summed E-state index contributed by atoms with van der Waals surface area (Å²) in [6.07, 6.45) is 0. The molecule has 0 aliphatic rings. The Morgan fingerprint density at radius 2 is 1.78 bits per heavy atom. The highest BCUT2D eigenvalue weighted by Gasteiger charge is 2.10. The molecular weight excluding hydrogens is 375 g/mol. The van der Waals surface area contributed by atoms with Crippen LogP contribution in [0.5, 0.6) is 0 Å². The van der Waals surface area contributed by atoms with Gasteiger partial charge in [-0.15, -0.1) is 0 Å². The molecule has 1 amide bonds. The Bertz CT molecular complexity index is 955. The van der Waals surface area contributed by atoms with E-state index >= 15 is 0 Å². The molecule has 118 valence electrons. The van der Waals surface area contributed by atoms with Crippen LogP contribution >= 0.6 is 46.1 Å². The molecule has 1 aromatic heterocycles. The fourth-order valence-electron chi connectivity index (χ4n) is 2.27. The summed E-state index contributed by atoms with van der Waals surface area (Å²) >= 11 is 19.3. The van der Waals surface area contributed by atoms with Crippen LogP contribution in [0.15, 0.2) is 41.4 Å². The SMILES string of the molecule is CCn1c(=NC(=O)c2cc(Cl)cc(Cl)c2)sc2cc(Cl)ccc21. The highest BCUT2D eigenvalue weighted by atomic mass is 35.5. The van der Waals surface area contributed by atoms with Crippen LogP contribution in [0.2, 0.25) is 15.1 Å². The van der Waals surface area contributed by atoms with E-state index in [0.29, 0.717) is 32.0 Å². The predicted molar refractivity (Wildman–Crippen MR) is 96.9 cm³/mol. The monoisotopic (exact) mass is 384 g/mol. The molecule has 3 aromatic rings. The van der Waals surface area contributed by atoms with Crippen molar-refractivity contribution in [2.75, 3.05) is 0 Å². The smallest absolute Gasteiger partial charge is 0.279 e. The second-order valence-corrected chi connectivity index (χ2v) is 7.13. The summed E-state index contributed by atoms with van der Waals surface area (Å²) in [6, 6.07) is 10.3. The molecule has 2 aromatic carbocycles. The van der Waals surface area contributed by atoms with E-state index in [0.717, 1.165) is 10.2 Å². The average molecular weight is 386 g/mol. The van der Waals surface area contributed by atoms with Gasteiger partial charge < -0.3 is 4.57 Å². The molecule has 23 heavy (non-hydrogen) atoms. The molecule has 0 fully saturated rings. The van der Waals surface area contributed by atoms with Crippen molar-refractivity contribution in [3.63, 3.8) is 0 Å². The highest BCUT2D eigenvalue weighted by Crippen LogP contribution is 2.22. The van der Waals surface area contributed by atoms with Crippen molar-refractivity contribution >= 4 is 62.3 Å². The van der Waals surface area contributed by atoms with Gasteiger partial charge in [0.15, 0.2) is 4.80 Å². The second kappa shape index (κ2) is 6.65. The lowest BCUT2D eigenvalue weighted by Gasteiger charge is -2.01. The Morgan fingerprint density at radius 3 is 2.43 bits per heavy atom. The van der Waals surface area contributed by atoms with E-state index in [1.54, 1.807) is 18.2 Å². The van der Waals surface area contributed by atoms with Crippen molar-refractivity contribution in [1.82, 2.24) is 4.57 Å². The van der Waals surface area contributed by atoms with Crippen LogP contribution in [-0.4, -0.2) is 10.5 Å². The molecule has 0 radical (unpaired) electrons. The molecule has 0 spiro atoms. The van der Waals surface area contributed by atoms with Gasteiger partial charge in [0.1, 0.15) is 0 Å². The lowest BCUT2D eigenvalue weighted by molar-refractivity contribution is 0.0998. The Balaban J connectivity index is 2.14. The molecule has 0 bridgehead atoms. The van der Waals surface area contributed by atoms with Crippen molar-refractivity contribution < 1.29 is 4.79 Å². The third kappa shape index (κ3) is 3.45. The Morgan fingerprint density at radius 1 is 1.09 bits per heavy atom. The highest BCUT2D eigenvalue weighted by molar-refractivity contribution is 7.16. The number of fused-ring (bicyclic) bond motifs is 1. The maximum absolute atomic E-state index is 12.4. The van der Waals surface area contributed by atoms with E-state index in [1.165, 1.54) is 11.3 Å². The van der Waals surface area contributed by atoms with Crippen molar-refractivity contribution in [3.8, 4) is 0 Å². The number of nitrogens with zero attached hydrogens (tertiary/aromatic N) is 2. The van der Waals surface area contributed by atoms with Crippen LogP contribution in [0.1, 0.15) is 17.3 Å². The first-order chi connectivity index (χ1) is 11.0. The summed E-state index contributed by atoms with van der Waals surface area (Å²) in [6.45, 7) is 2.70. The van der Waals surface area contributed by atoms with E-state index in [1.807, 2.05) is 29.7 Å². The number of hydrogen-bond acceptors (Lipinski definition) is 2. The first-order valence-corrected chi connectivity index (χ1v) is 8.77. The molecule has 0 N–H and O–H groups in total. The van der Waals surface area contributed by atoms with Crippen molar-refractivity contribution in [2.24, 2.45) is 4.99 Å². The first kappa shape index (κ1) is 16.5. The molecule has 3 nitrogen and oxygen atoms in total. The van der Waals surface area contributed by atoms with Gasteiger partial charge in [-0.05, 0) is 43.3 Å². The standard InChI is InChI=1S/C16H11Cl3N2OS/c1-2-21-13-4-3-10(17)8-14(13)23-16(21)20-15(22)9-5-11(18)7-12(19)6-9/h3-8H,2H2,1H3. The maximum Gasteiger partial charge on any atom is 0.279 e. The zero-order valence-electron chi connectivity index (χ0n) is 12.0. The van der Waals surface area contributed by atoms with Crippen LogP contribution in [0, 0.1) is 0 Å². The zero-order valence-corrected chi connectivity index (χ0v) is 15.1. The summed E-state index contributed by atoms with van der Waals surface area (Å²) in [5.74, 6) is -0.380. The van der Waals surface area contributed by atoms with Crippen molar-refractivity contribution in [1.29, 1.82) is 0 Å². The fraction of sp³-hybridized carbons (Fsp3) is 0.125. The number of aromatic nitrogens is 1. The van der Waals surface area contributed by atoms with Gasteiger partial charge in [-0.3, -0.25) is 4.79 Å². The molecule has 0 aliphatic heterocycles. The second-order valence-electron chi connectivity index (χ2n) is 4.82. The minimum atomic E-state index is -0.380. The lowest BCUT2D eigenvalue weighted by atomic mass is 10.2. The quantitative estimate of drug-likeness (QED) is 0.579. The minimum Gasteiger partial charge on any atom is -0.317 e. The molecule has 0 saturated carbocycles. The Kier molecular flexibility index (Phi) is 4.78. The number of carbonyl (C=O) groups excluding carboxylic acids is 1. The van der Waals surface area contributed by atoms with Crippen LogP contribution in [0.3, 0.4) is 0 Å². The van der Waals surface area contributed by atoms with Crippen LogP contribution in [0.4, 0.5) is 0 Å². The number of aryl methyl sites for hydroxylation is 1. The van der Waals surface area contributed by atoms with Crippen LogP contribution in [-0.2, 0) is 6.54 Å². The van der Waals surface area contributed by atoms with Gasteiger partial charge in [0.25, 0.3) is 5.91 Å². The van der Waals surface area contributed by atoms with E-state index in [2.05, 4.69) is 4.99 Å². The number of halogens is 3. The Labute approximate surface area is 151 Å². The van der Waals surface area contributed by atoms with E-state index < -0.39 is 0 Å². The third-order valence-electron chi connectivity index (χ3n) is 3.27. The Hall–Kier alpha value is -1.33. The normalized spacial score (nSPS) is 12.1. The molecule has 3 rings (SSSR count). The summed E-state index contributed by atoms with van der Waals surface area (Å²) in [5, 5.41) is 1.46. The van der Waals surface area contributed by atoms with Gasteiger partial charge in [-0.1, -0.05) is 46.1 Å². The number of rotatable bonds is 2. The first-order valence-electron chi connectivity index (χ1n) is 6.82. The molecule has 0 aliphatic carbocycles. The molecular formula is C16H11Cl3N2OS. The molecule has 0 saturated heterocycles. The molecule has 0 atom stereocenters. The summed E-state index contributed by atoms with van der Waals surface area (Å²) in [7, 11) is 0. The van der Waals surface area contributed by atoms with Gasteiger partial charge in [-0.2, -0.15) is 4.99 Å². The van der Waals surface area contributed by atoms with Gasteiger partial charge in [0, 0.05) is 27.2 Å². The summed E-state index contributed by atoms with van der Waals surface area (Å²) < 4.78 is 2.95. The summed E-state index contributed by atoms with van der Waals surface area (Å²) in [4.78, 5) is 17.3. The fourth-order valence-corrected chi connectivity index (χ4v) is 4.16. The number of thiazole rings is 1. The lowest BCUT2D eigenvalue weighted by Crippen LogP contribution is -2.15. The molecule has 7 heteroatoms. The topological polar surface area (TPSA) is 34.4 Å². The zero-order chi connectivity index (χ0) is 16.6. The molecule has 0 unspecified atom stereocenters. The van der Waals surface area contributed by atoms with E-state index in [4.69, 9.17) is 34.8 Å². The van der Waals surface area contributed by atoms with Gasteiger partial charge >= 0.3 is 0 Å². The van der Waals surface area contributed by atoms with Crippen molar-refractivity contribution in [3.05, 3.63) is 61.8 Å². The minimum absolute atomic E-state index is 0.362. The van der Waals surface area contributed by atoms with E-state index in [-0.39, 0.29) is 5.91 Å². The number of hydrogen-bond donors (Lipinski definition) is 0. The third-order valence-corrected chi connectivity index (χ3v) is 4.98.